The van der Waals surface area contributed by atoms with Crippen LogP contribution in [0.3, 0.4) is 0 Å². The summed E-state index contributed by atoms with van der Waals surface area (Å²) in [5.41, 5.74) is 2.65. The van der Waals surface area contributed by atoms with Gasteiger partial charge in [-0.25, -0.2) is 4.39 Å². The summed E-state index contributed by atoms with van der Waals surface area (Å²) in [7, 11) is 0. The van der Waals surface area contributed by atoms with E-state index in [1.54, 1.807) is 18.2 Å². The predicted molar refractivity (Wildman–Crippen MR) is 90.6 cm³/mol. The van der Waals surface area contributed by atoms with Gasteiger partial charge in [0.05, 0.1) is 15.8 Å². The molecule has 0 saturated carbocycles. The second-order valence-electron chi connectivity index (χ2n) is 5.36. The number of oxime groups is 1. The molecular weight excluding hydrogens is 338 g/mol. The van der Waals surface area contributed by atoms with Crippen molar-refractivity contribution in [2.75, 3.05) is 6.54 Å². The molecule has 120 valence electrons. The third kappa shape index (κ3) is 4.22. The number of halogens is 3. The number of hydrogen-bond acceptors (Lipinski definition) is 3. The second-order valence-corrected chi connectivity index (χ2v) is 6.17. The van der Waals surface area contributed by atoms with Gasteiger partial charge < -0.3 is 10.2 Å². The Balaban J connectivity index is 1.50. The molecule has 1 aliphatic heterocycles. The third-order valence-corrected chi connectivity index (χ3v) is 4.32. The van der Waals surface area contributed by atoms with Gasteiger partial charge in [0.25, 0.3) is 0 Å². The number of nitrogens with zero attached hydrogens (tertiary/aromatic N) is 1. The van der Waals surface area contributed by atoms with Crippen LogP contribution in [0.25, 0.3) is 0 Å². The zero-order chi connectivity index (χ0) is 16.2. The van der Waals surface area contributed by atoms with Crippen LogP contribution in [0, 0.1) is 5.82 Å². The number of nitrogens with one attached hydrogen (secondary N) is 1. The van der Waals surface area contributed by atoms with Crippen LogP contribution in [0.15, 0.2) is 47.6 Å². The maximum absolute atomic E-state index is 13.1. The van der Waals surface area contributed by atoms with Crippen LogP contribution in [0.4, 0.5) is 4.39 Å². The molecule has 2 aromatic carbocycles. The van der Waals surface area contributed by atoms with E-state index in [4.69, 9.17) is 28.0 Å². The van der Waals surface area contributed by atoms with E-state index in [9.17, 15) is 4.39 Å². The number of rotatable bonds is 5. The Hall–Kier alpha value is -1.62. The zero-order valence-corrected chi connectivity index (χ0v) is 13.7. The summed E-state index contributed by atoms with van der Waals surface area (Å²) in [6, 6.07) is 11.9. The second kappa shape index (κ2) is 7.30. The van der Waals surface area contributed by atoms with E-state index < -0.39 is 0 Å². The lowest BCUT2D eigenvalue weighted by atomic mass is 10.1. The van der Waals surface area contributed by atoms with Crippen molar-refractivity contribution in [2.45, 2.75) is 19.1 Å². The topological polar surface area (TPSA) is 33.6 Å². The van der Waals surface area contributed by atoms with Gasteiger partial charge in [-0.05, 0) is 29.8 Å². The van der Waals surface area contributed by atoms with E-state index >= 15 is 0 Å². The monoisotopic (exact) mass is 352 g/mol. The first-order chi connectivity index (χ1) is 11.1. The van der Waals surface area contributed by atoms with Gasteiger partial charge in [0.1, 0.15) is 11.9 Å². The molecule has 2 aromatic rings. The normalized spacial score (nSPS) is 17.0. The molecule has 23 heavy (non-hydrogen) atoms. The van der Waals surface area contributed by atoms with Gasteiger partial charge in [-0.3, -0.25) is 0 Å². The van der Waals surface area contributed by atoms with Gasteiger partial charge in [-0.2, -0.15) is 0 Å². The van der Waals surface area contributed by atoms with Gasteiger partial charge >= 0.3 is 0 Å². The van der Waals surface area contributed by atoms with Crippen LogP contribution in [-0.4, -0.2) is 18.4 Å². The van der Waals surface area contributed by atoms with Gasteiger partial charge in [0, 0.05) is 25.1 Å². The minimum Gasteiger partial charge on any atom is -0.390 e. The van der Waals surface area contributed by atoms with Crippen molar-refractivity contribution in [1.82, 2.24) is 5.32 Å². The Morgan fingerprint density at radius 3 is 2.83 bits per heavy atom. The molecule has 3 nitrogen and oxygen atoms in total. The Bertz CT molecular complexity index is 736. The first kappa shape index (κ1) is 16.2. The van der Waals surface area contributed by atoms with Gasteiger partial charge in [-0.15, -0.1) is 0 Å². The molecule has 6 heteroatoms. The van der Waals surface area contributed by atoms with Crippen LogP contribution in [0.2, 0.25) is 10.0 Å². The van der Waals surface area contributed by atoms with E-state index in [0.717, 1.165) is 16.8 Å². The molecule has 1 atom stereocenters. The van der Waals surface area contributed by atoms with Gasteiger partial charge in [0.15, 0.2) is 0 Å². The fourth-order valence-corrected chi connectivity index (χ4v) is 2.71. The van der Waals surface area contributed by atoms with Crippen LogP contribution in [0.1, 0.15) is 17.5 Å². The highest BCUT2D eigenvalue weighted by molar-refractivity contribution is 6.42. The highest BCUT2D eigenvalue weighted by Crippen LogP contribution is 2.25. The highest BCUT2D eigenvalue weighted by atomic mass is 35.5. The van der Waals surface area contributed by atoms with Crippen molar-refractivity contribution in [3.8, 4) is 0 Å². The SMILES string of the molecule is Fc1cccc(CNCC2CC(c3ccc(Cl)c(Cl)c3)=NO2)c1. The average Bonchev–Trinajstić information content (AvgIpc) is 2.99. The smallest absolute Gasteiger partial charge is 0.145 e. The minimum absolute atomic E-state index is 0.0481. The number of benzene rings is 2. The summed E-state index contributed by atoms with van der Waals surface area (Å²) in [5.74, 6) is -0.230. The fourth-order valence-electron chi connectivity index (χ4n) is 2.41. The standard InChI is InChI=1S/C17H15Cl2FN2O/c18-15-5-4-12(7-16(15)19)17-8-14(23-22-17)10-21-9-11-2-1-3-13(20)6-11/h1-7,14,21H,8-10H2. The lowest BCUT2D eigenvalue weighted by Crippen LogP contribution is -2.26. The van der Waals surface area contributed by atoms with Gasteiger partial charge in [-0.1, -0.05) is 46.6 Å². The molecule has 1 unspecified atom stereocenters. The maximum atomic E-state index is 13.1. The molecule has 0 fully saturated rings. The van der Waals surface area contributed by atoms with Gasteiger partial charge in [0.2, 0.25) is 0 Å². The fraction of sp³-hybridized carbons (Fsp3) is 0.235. The van der Waals surface area contributed by atoms with E-state index in [1.165, 1.54) is 12.1 Å². The van der Waals surface area contributed by atoms with Crippen molar-refractivity contribution in [2.24, 2.45) is 5.16 Å². The van der Waals surface area contributed by atoms with E-state index in [2.05, 4.69) is 10.5 Å². The van der Waals surface area contributed by atoms with Crippen LogP contribution >= 0.6 is 23.2 Å². The molecule has 0 bridgehead atoms. The van der Waals surface area contributed by atoms with E-state index in [-0.39, 0.29) is 11.9 Å². The van der Waals surface area contributed by atoms with Crippen molar-refractivity contribution in [1.29, 1.82) is 0 Å². The van der Waals surface area contributed by atoms with Crippen LogP contribution in [0.5, 0.6) is 0 Å². The summed E-state index contributed by atoms with van der Waals surface area (Å²) in [4.78, 5) is 5.43. The largest absolute Gasteiger partial charge is 0.390 e. The van der Waals surface area contributed by atoms with Crippen molar-refractivity contribution >= 4 is 28.9 Å². The molecule has 0 amide bonds. The predicted octanol–water partition coefficient (Wildman–Crippen LogP) is 4.42. The highest BCUT2D eigenvalue weighted by Gasteiger charge is 2.22. The van der Waals surface area contributed by atoms with Crippen molar-refractivity contribution in [3.05, 3.63) is 69.5 Å². The molecule has 0 aliphatic carbocycles. The summed E-state index contributed by atoms with van der Waals surface area (Å²) < 4.78 is 13.1. The quantitative estimate of drug-likeness (QED) is 0.864. The lowest BCUT2D eigenvalue weighted by molar-refractivity contribution is 0.0848. The summed E-state index contributed by atoms with van der Waals surface area (Å²) >= 11 is 11.9. The molecule has 0 radical (unpaired) electrons. The van der Waals surface area contributed by atoms with Crippen molar-refractivity contribution in [3.63, 3.8) is 0 Å². The van der Waals surface area contributed by atoms with E-state index in [1.807, 2.05) is 12.1 Å². The lowest BCUT2D eigenvalue weighted by Gasteiger charge is -2.10. The first-order valence-corrected chi connectivity index (χ1v) is 8.00. The molecule has 1 aliphatic rings. The van der Waals surface area contributed by atoms with Crippen LogP contribution in [-0.2, 0) is 11.4 Å². The molecule has 1 N–H and O–H groups in total. The number of hydrogen-bond donors (Lipinski definition) is 1. The molecule has 0 spiro atoms. The average molecular weight is 353 g/mol. The van der Waals surface area contributed by atoms with E-state index in [0.29, 0.717) is 29.6 Å². The van der Waals surface area contributed by atoms with Crippen molar-refractivity contribution < 1.29 is 9.23 Å². The molecule has 3 rings (SSSR count). The molecule has 0 saturated heterocycles. The molecule has 0 aromatic heterocycles. The molecular formula is C17H15Cl2FN2O. The Morgan fingerprint density at radius 2 is 2.04 bits per heavy atom. The molecule has 1 heterocycles. The van der Waals surface area contributed by atoms with Crippen LogP contribution < -0.4 is 5.32 Å². The summed E-state index contributed by atoms with van der Waals surface area (Å²) in [6.45, 7) is 1.21. The summed E-state index contributed by atoms with van der Waals surface area (Å²) in [6.07, 6.45) is 0.640. The minimum atomic E-state index is -0.230. The maximum Gasteiger partial charge on any atom is 0.145 e. The Morgan fingerprint density at radius 1 is 1.17 bits per heavy atom. The zero-order valence-electron chi connectivity index (χ0n) is 12.2. The Labute approximate surface area is 144 Å². The third-order valence-electron chi connectivity index (χ3n) is 3.58. The summed E-state index contributed by atoms with van der Waals surface area (Å²) in [5, 5.41) is 8.38. The first-order valence-electron chi connectivity index (χ1n) is 7.25. The Kier molecular flexibility index (Phi) is 5.16.